The quantitative estimate of drug-likeness (QED) is 0.776. The van der Waals surface area contributed by atoms with Gasteiger partial charge in [0.05, 0.1) is 11.3 Å². The lowest BCUT2D eigenvalue weighted by molar-refractivity contribution is -0.137. The van der Waals surface area contributed by atoms with Gasteiger partial charge in [0.15, 0.2) is 5.13 Å². The van der Waals surface area contributed by atoms with Gasteiger partial charge in [-0.2, -0.15) is 13.2 Å². The number of rotatable bonds is 1. The molecule has 22 heavy (non-hydrogen) atoms. The summed E-state index contributed by atoms with van der Waals surface area (Å²) in [5.74, 6) is 0. The maximum atomic E-state index is 12.8. The number of nitrogens with two attached hydrogens (primary N) is 2. The van der Waals surface area contributed by atoms with Gasteiger partial charge in [-0.3, -0.25) is 0 Å². The molecule has 0 amide bonds. The number of anilines is 1. The summed E-state index contributed by atoms with van der Waals surface area (Å²) in [4.78, 5) is 5.20. The molecule has 0 aliphatic heterocycles. The van der Waals surface area contributed by atoms with Gasteiger partial charge in [0, 0.05) is 16.8 Å². The second kappa shape index (κ2) is 5.82. The highest BCUT2D eigenvalue weighted by Gasteiger charge is 2.37. The molecule has 0 radical (unpaired) electrons. The van der Waals surface area contributed by atoms with Crippen molar-refractivity contribution < 1.29 is 13.2 Å². The van der Waals surface area contributed by atoms with E-state index < -0.39 is 17.3 Å². The number of halogens is 4. The molecule has 1 unspecified atom stereocenters. The lowest BCUT2D eigenvalue weighted by Gasteiger charge is -2.33. The molecule has 3 nitrogen and oxygen atoms in total. The Morgan fingerprint density at radius 2 is 2.00 bits per heavy atom. The molecule has 0 fully saturated rings. The predicted molar refractivity (Wildman–Crippen MR) is 86.2 cm³/mol. The van der Waals surface area contributed by atoms with Crippen LogP contribution in [0.25, 0.3) is 0 Å². The summed E-state index contributed by atoms with van der Waals surface area (Å²) in [5.41, 5.74) is 12.0. The van der Waals surface area contributed by atoms with Gasteiger partial charge in [0.2, 0.25) is 0 Å². The summed E-state index contributed by atoms with van der Waals surface area (Å²) in [5, 5.41) is 0.480. The maximum Gasteiger partial charge on any atom is 0.416 e. The highest BCUT2D eigenvalue weighted by molar-refractivity contribution is 8.93. The van der Waals surface area contributed by atoms with Gasteiger partial charge < -0.3 is 11.5 Å². The third-order valence-electron chi connectivity index (χ3n) is 3.84. The summed E-state index contributed by atoms with van der Waals surface area (Å²) < 4.78 is 38.5. The Hall–Kier alpha value is -1.12. The number of fused-ring (bicyclic) bond motifs is 1. The molecule has 0 bridgehead atoms. The zero-order chi connectivity index (χ0) is 15.3. The molecule has 4 N–H and O–H groups in total. The molecule has 3 rings (SSSR count). The van der Waals surface area contributed by atoms with E-state index in [1.165, 1.54) is 17.4 Å². The Morgan fingerprint density at radius 1 is 1.27 bits per heavy atom. The number of thiazole rings is 1. The number of benzene rings is 1. The van der Waals surface area contributed by atoms with Gasteiger partial charge in [-0.1, -0.05) is 12.1 Å². The number of aromatic nitrogens is 1. The average Bonchev–Trinajstić information content (AvgIpc) is 2.77. The van der Waals surface area contributed by atoms with Crippen LogP contribution in [-0.2, 0) is 24.6 Å². The molecule has 1 aliphatic rings. The summed E-state index contributed by atoms with van der Waals surface area (Å²) >= 11 is 1.36. The zero-order valence-electron chi connectivity index (χ0n) is 11.5. The summed E-state index contributed by atoms with van der Waals surface area (Å²) in [6, 6.07) is 5.27. The highest BCUT2D eigenvalue weighted by atomic mass is 79.9. The van der Waals surface area contributed by atoms with Crippen molar-refractivity contribution in [2.45, 2.75) is 31.0 Å². The summed E-state index contributed by atoms with van der Waals surface area (Å²) in [6.07, 6.45) is -2.69. The van der Waals surface area contributed by atoms with Crippen LogP contribution in [0.15, 0.2) is 24.3 Å². The van der Waals surface area contributed by atoms with Crippen molar-refractivity contribution in [3.63, 3.8) is 0 Å². The van der Waals surface area contributed by atoms with Crippen LogP contribution >= 0.6 is 28.3 Å². The minimum absolute atomic E-state index is 0. The highest BCUT2D eigenvalue weighted by Crippen LogP contribution is 2.39. The third kappa shape index (κ3) is 3.13. The Morgan fingerprint density at radius 3 is 2.68 bits per heavy atom. The minimum Gasteiger partial charge on any atom is -0.375 e. The Kier molecular flexibility index (Phi) is 4.56. The first kappa shape index (κ1) is 17.2. The van der Waals surface area contributed by atoms with E-state index in [0.29, 0.717) is 30.0 Å². The fourth-order valence-electron chi connectivity index (χ4n) is 2.70. The first-order valence-corrected chi connectivity index (χ1v) is 7.30. The molecule has 2 aromatic rings. The van der Waals surface area contributed by atoms with Crippen molar-refractivity contribution in [1.29, 1.82) is 0 Å². The fourth-order valence-corrected chi connectivity index (χ4v) is 3.71. The van der Waals surface area contributed by atoms with Crippen molar-refractivity contribution in [1.82, 2.24) is 4.98 Å². The fraction of sp³-hybridized carbons (Fsp3) is 0.357. The van der Waals surface area contributed by atoms with E-state index in [9.17, 15) is 13.2 Å². The number of aryl methyl sites for hydroxylation is 1. The van der Waals surface area contributed by atoms with Crippen LogP contribution in [0.4, 0.5) is 18.3 Å². The van der Waals surface area contributed by atoms with Crippen LogP contribution < -0.4 is 11.5 Å². The Bertz CT molecular complexity index is 686. The van der Waals surface area contributed by atoms with Crippen molar-refractivity contribution in [3.05, 3.63) is 46.0 Å². The van der Waals surface area contributed by atoms with Gasteiger partial charge in [-0.15, -0.1) is 28.3 Å². The van der Waals surface area contributed by atoms with Crippen molar-refractivity contribution in [2.24, 2.45) is 5.73 Å². The second-order valence-corrected chi connectivity index (χ2v) is 6.45. The van der Waals surface area contributed by atoms with Crippen LogP contribution in [0.3, 0.4) is 0 Å². The Balaban J connectivity index is 0.00000176. The predicted octanol–water partition coefficient (Wildman–Crippen LogP) is 3.66. The van der Waals surface area contributed by atoms with Crippen LogP contribution in [0.5, 0.6) is 0 Å². The Labute approximate surface area is 140 Å². The smallest absolute Gasteiger partial charge is 0.375 e. The average molecular weight is 394 g/mol. The van der Waals surface area contributed by atoms with E-state index in [1.54, 1.807) is 6.07 Å². The number of nitrogens with zero attached hydrogens (tertiary/aromatic N) is 1. The number of nitrogen functional groups attached to an aromatic ring is 1. The number of hydrogen-bond donors (Lipinski definition) is 2. The van der Waals surface area contributed by atoms with E-state index in [2.05, 4.69) is 4.98 Å². The van der Waals surface area contributed by atoms with E-state index in [-0.39, 0.29) is 17.0 Å². The molecule has 1 aromatic carbocycles. The molecule has 0 saturated heterocycles. The van der Waals surface area contributed by atoms with Crippen LogP contribution in [0.1, 0.15) is 28.1 Å². The van der Waals surface area contributed by atoms with Crippen LogP contribution in [-0.4, -0.2) is 4.98 Å². The van der Waals surface area contributed by atoms with E-state index in [1.807, 2.05) is 0 Å². The number of alkyl halides is 3. The minimum atomic E-state index is -4.36. The molecular formula is C14H15BrF3N3S. The van der Waals surface area contributed by atoms with Crippen LogP contribution in [0.2, 0.25) is 0 Å². The molecule has 0 spiro atoms. The number of hydrogen-bond acceptors (Lipinski definition) is 4. The lowest BCUT2D eigenvalue weighted by Crippen LogP contribution is -2.42. The third-order valence-corrected chi connectivity index (χ3v) is 4.77. The van der Waals surface area contributed by atoms with Gasteiger partial charge in [-0.05, 0) is 30.5 Å². The molecule has 1 aromatic heterocycles. The first-order valence-electron chi connectivity index (χ1n) is 6.49. The second-order valence-electron chi connectivity index (χ2n) is 5.33. The maximum absolute atomic E-state index is 12.8. The monoisotopic (exact) mass is 393 g/mol. The molecule has 120 valence electrons. The molecule has 1 heterocycles. The van der Waals surface area contributed by atoms with Gasteiger partial charge in [0.25, 0.3) is 0 Å². The molecule has 1 atom stereocenters. The lowest BCUT2D eigenvalue weighted by atomic mass is 9.78. The largest absolute Gasteiger partial charge is 0.416 e. The van der Waals surface area contributed by atoms with Gasteiger partial charge in [0.1, 0.15) is 0 Å². The molecule has 0 saturated carbocycles. The van der Waals surface area contributed by atoms with Crippen molar-refractivity contribution in [3.8, 4) is 0 Å². The molecule has 8 heteroatoms. The van der Waals surface area contributed by atoms with E-state index >= 15 is 0 Å². The summed E-state index contributed by atoms with van der Waals surface area (Å²) in [7, 11) is 0. The van der Waals surface area contributed by atoms with Crippen molar-refractivity contribution in [2.75, 3.05) is 5.73 Å². The van der Waals surface area contributed by atoms with E-state index in [4.69, 9.17) is 11.5 Å². The standard InChI is InChI=1S/C14H14F3N3S.BrH/c15-14(16,17)9-3-1-2-8(6-9)13(19)5-4-10-11(7-13)21-12(18)20-10;/h1-3,6H,4-5,7,19H2,(H2,18,20);1H. The normalized spacial score (nSPS) is 21.1. The molecular weight excluding hydrogens is 379 g/mol. The van der Waals surface area contributed by atoms with Gasteiger partial charge >= 0.3 is 6.18 Å². The zero-order valence-corrected chi connectivity index (χ0v) is 14.0. The van der Waals surface area contributed by atoms with Crippen molar-refractivity contribution >= 4 is 33.4 Å². The van der Waals surface area contributed by atoms with Gasteiger partial charge in [-0.25, -0.2) is 4.98 Å². The SMILES string of the molecule is Br.Nc1nc2c(s1)CC(N)(c1cccc(C(F)(F)F)c1)CC2. The summed E-state index contributed by atoms with van der Waals surface area (Å²) in [6.45, 7) is 0. The topological polar surface area (TPSA) is 64.9 Å². The molecule has 1 aliphatic carbocycles. The first-order chi connectivity index (χ1) is 9.78. The van der Waals surface area contributed by atoms with E-state index in [0.717, 1.165) is 22.7 Å². The van der Waals surface area contributed by atoms with Crippen LogP contribution in [0, 0.1) is 0 Å².